The number of hydrogen-bond donors (Lipinski definition) is 1. The number of sulfone groups is 1. The van der Waals surface area contributed by atoms with Gasteiger partial charge < -0.3 is 5.32 Å². The summed E-state index contributed by atoms with van der Waals surface area (Å²) >= 11 is 0. The summed E-state index contributed by atoms with van der Waals surface area (Å²) in [5.74, 6) is -1.25. The van der Waals surface area contributed by atoms with Gasteiger partial charge in [-0.3, -0.25) is 19.9 Å². The Morgan fingerprint density at radius 3 is 2.48 bits per heavy atom. The van der Waals surface area contributed by atoms with Crippen LogP contribution in [0, 0.1) is 15.9 Å². The largest absolute Gasteiger partial charge is 0.348 e. The van der Waals surface area contributed by atoms with Gasteiger partial charge in [0.2, 0.25) is 9.84 Å². The molecule has 8 nitrogen and oxygen atoms in total. The lowest BCUT2D eigenvalue weighted by atomic mass is 10.2. The number of carbonyl (C=O) groups excluding carboxylic acids is 1. The van der Waals surface area contributed by atoms with Crippen LogP contribution in [0.4, 0.5) is 10.1 Å². The van der Waals surface area contributed by atoms with Crippen LogP contribution in [-0.4, -0.2) is 24.2 Å². The molecule has 3 rings (SSSR count). The van der Waals surface area contributed by atoms with Crippen LogP contribution in [0.2, 0.25) is 0 Å². The Morgan fingerprint density at radius 1 is 1.14 bits per heavy atom. The zero-order chi connectivity index (χ0) is 21.0. The number of hydrogen-bond acceptors (Lipinski definition) is 6. The number of rotatable bonds is 6. The highest BCUT2D eigenvalue weighted by atomic mass is 32.2. The Hall–Kier alpha value is -3.66. The van der Waals surface area contributed by atoms with Crippen molar-refractivity contribution in [3.8, 4) is 0 Å². The fourth-order valence-corrected chi connectivity index (χ4v) is 3.96. The Balaban J connectivity index is 1.92. The lowest BCUT2D eigenvalue weighted by molar-refractivity contribution is -0.387. The number of nitro groups is 1. The summed E-state index contributed by atoms with van der Waals surface area (Å²) in [6, 6.07) is 10.4. The number of nitrogens with zero attached hydrogens (tertiary/aromatic N) is 2. The van der Waals surface area contributed by atoms with E-state index in [2.05, 4.69) is 10.3 Å². The molecule has 2 aromatic carbocycles. The van der Waals surface area contributed by atoms with E-state index in [1.807, 2.05) is 0 Å². The number of pyridine rings is 1. The highest BCUT2D eigenvalue weighted by Crippen LogP contribution is 2.30. The van der Waals surface area contributed by atoms with Crippen molar-refractivity contribution in [2.45, 2.75) is 16.3 Å². The summed E-state index contributed by atoms with van der Waals surface area (Å²) in [5, 5.41) is 14.0. The van der Waals surface area contributed by atoms with Gasteiger partial charge in [-0.05, 0) is 48.0 Å². The number of aromatic nitrogens is 1. The predicted molar refractivity (Wildman–Crippen MR) is 100 cm³/mol. The maximum absolute atomic E-state index is 13.1. The molecular formula is C19H14FN3O5S. The highest BCUT2D eigenvalue weighted by Gasteiger charge is 2.28. The molecule has 3 aromatic rings. The van der Waals surface area contributed by atoms with Crippen LogP contribution in [0.5, 0.6) is 0 Å². The third-order valence-electron chi connectivity index (χ3n) is 4.01. The van der Waals surface area contributed by atoms with Crippen molar-refractivity contribution in [2.24, 2.45) is 0 Å². The van der Waals surface area contributed by atoms with Crippen molar-refractivity contribution >= 4 is 21.4 Å². The maximum Gasteiger partial charge on any atom is 0.289 e. The molecule has 0 saturated heterocycles. The number of nitrogens with one attached hydrogen (secondary N) is 1. The number of carbonyl (C=O) groups is 1. The van der Waals surface area contributed by atoms with Crippen molar-refractivity contribution in [2.75, 3.05) is 0 Å². The number of nitro benzene ring substituents is 1. The number of halogens is 1. The quantitative estimate of drug-likeness (QED) is 0.376. The Bertz CT molecular complexity index is 1170. The number of benzene rings is 2. The minimum atomic E-state index is -4.28. The summed E-state index contributed by atoms with van der Waals surface area (Å²) in [6.45, 7) is 0.149. The third-order valence-corrected chi connectivity index (χ3v) is 5.82. The van der Waals surface area contributed by atoms with E-state index in [4.69, 9.17) is 0 Å². The van der Waals surface area contributed by atoms with E-state index in [9.17, 15) is 27.7 Å². The predicted octanol–water partition coefficient (Wildman–Crippen LogP) is 2.89. The molecule has 0 saturated carbocycles. The average molecular weight is 415 g/mol. The molecule has 0 aliphatic heterocycles. The zero-order valence-corrected chi connectivity index (χ0v) is 15.6. The van der Waals surface area contributed by atoms with Crippen molar-refractivity contribution in [1.29, 1.82) is 0 Å². The monoisotopic (exact) mass is 415 g/mol. The smallest absolute Gasteiger partial charge is 0.289 e. The summed E-state index contributed by atoms with van der Waals surface area (Å²) < 4.78 is 38.5. The fourth-order valence-electron chi connectivity index (χ4n) is 2.56. The first kappa shape index (κ1) is 20.1. The van der Waals surface area contributed by atoms with Crippen LogP contribution in [0.15, 0.2) is 76.8 Å². The molecule has 1 aromatic heterocycles. The molecule has 1 heterocycles. The Kier molecular flexibility index (Phi) is 5.64. The van der Waals surface area contributed by atoms with Gasteiger partial charge in [-0.1, -0.05) is 6.07 Å². The summed E-state index contributed by atoms with van der Waals surface area (Å²) in [7, 11) is -4.28. The van der Waals surface area contributed by atoms with Gasteiger partial charge in [0.25, 0.3) is 11.6 Å². The van der Waals surface area contributed by atoms with Gasteiger partial charge in [-0.15, -0.1) is 0 Å². The molecule has 0 aliphatic rings. The average Bonchev–Trinajstić information content (AvgIpc) is 2.72. The van der Waals surface area contributed by atoms with Crippen molar-refractivity contribution in [3.05, 3.63) is 94.0 Å². The van der Waals surface area contributed by atoms with E-state index in [0.717, 1.165) is 42.0 Å². The molecular weight excluding hydrogens is 401 g/mol. The van der Waals surface area contributed by atoms with Crippen LogP contribution in [0.25, 0.3) is 0 Å². The van der Waals surface area contributed by atoms with Crippen molar-refractivity contribution < 1.29 is 22.5 Å². The molecule has 0 fully saturated rings. The first-order chi connectivity index (χ1) is 13.8. The van der Waals surface area contributed by atoms with Gasteiger partial charge in [0.1, 0.15) is 10.7 Å². The molecule has 10 heteroatoms. The second-order valence-corrected chi connectivity index (χ2v) is 7.86. The SMILES string of the molecule is O=C(NCc1cccnc1)c1ccc(S(=O)(=O)c2ccc(F)cc2)c([N+](=O)[O-])c1. The van der Waals surface area contributed by atoms with Gasteiger partial charge >= 0.3 is 0 Å². The molecule has 1 amide bonds. The van der Waals surface area contributed by atoms with Crippen molar-refractivity contribution in [1.82, 2.24) is 10.3 Å². The first-order valence-corrected chi connectivity index (χ1v) is 9.73. The second kappa shape index (κ2) is 8.15. The molecule has 1 N–H and O–H groups in total. The van der Waals surface area contributed by atoms with Gasteiger partial charge in [0, 0.05) is 30.6 Å². The number of amides is 1. The van der Waals surface area contributed by atoms with Gasteiger partial charge in [-0.2, -0.15) is 0 Å². The highest BCUT2D eigenvalue weighted by molar-refractivity contribution is 7.91. The van der Waals surface area contributed by atoms with Gasteiger partial charge in [-0.25, -0.2) is 12.8 Å². The third kappa shape index (κ3) is 4.43. The minimum Gasteiger partial charge on any atom is -0.348 e. The van der Waals surface area contributed by atoms with Gasteiger partial charge in [0.15, 0.2) is 0 Å². The van der Waals surface area contributed by atoms with Gasteiger partial charge in [0.05, 0.1) is 9.82 Å². The van der Waals surface area contributed by atoms with E-state index in [1.54, 1.807) is 24.5 Å². The molecule has 0 spiro atoms. The molecule has 0 aliphatic carbocycles. The van der Waals surface area contributed by atoms with Crippen LogP contribution < -0.4 is 5.32 Å². The summed E-state index contributed by atoms with van der Waals surface area (Å²) in [4.78, 5) is 25.9. The molecule has 29 heavy (non-hydrogen) atoms. The standard InChI is InChI=1S/C19H14FN3O5S/c20-15-4-6-16(7-5-15)29(27,28)18-8-3-14(10-17(18)23(25)26)19(24)22-12-13-2-1-9-21-11-13/h1-11H,12H2,(H,22,24). The lowest BCUT2D eigenvalue weighted by Gasteiger charge is -2.08. The van der Waals surface area contributed by atoms with Crippen molar-refractivity contribution in [3.63, 3.8) is 0 Å². The zero-order valence-electron chi connectivity index (χ0n) is 14.8. The molecule has 0 atom stereocenters. The van der Waals surface area contributed by atoms with Crippen LogP contribution in [0.1, 0.15) is 15.9 Å². The molecule has 148 valence electrons. The minimum absolute atomic E-state index is 0.0707. The summed E-state index contributed by atoms with van der Waals surface area (Å²) in [6.07, 6.45) is 3.13. The first-order valence-electron chi connectivity index (χ1n) is 8.25. The normalized spacial score (nSPS) is 11.1. The topological polar surface area (TPSA) is 119 Å². The van der Waals surface area contributed by atoms with E-state index >= 15 is 0 Å². The summed E-state index contributed by atoms with van der Waals surface area (Å²) in [5.41, 5.74) is -0.0899. The second-order valence-electron chi connectivity index (χ2n) is 5.94. The van der Waals surface area contributed by atoms with E-state index in [-0.39, 0.29) is 17.0 Å². The maximum atomic E-state index is 13.1. The molecule has 0 unspecified atom stereocenters. The van der Waals surface area contributed by atoms with E-state index in [0.29, 0.717) is 0 Å². The lowest BCUT2D eigenvalue weighted by Crippen LogP contribution is -2.23. The van der Waals surface area contributed by atoms with Crippen LogP contribution >= 0.6 is 0 Å². The molecule has 0 bridgehead atoms. The van der Waals surface area contributed by atoms with Crippen LogP contribution in [-0.2, 0) is 16.4 Å². The van der Waals surface area contributed by atoms with E-state index < -0.39 is 37.1 Å². The molecule has 0 radical (unpaired) electrons. The Labute approximate surface area is 165 Å². The Morgan fingerprint density at radius 2 is 1.86 bits per heavy atom. The van der Waals surface area contributed by atoms with E-state index in [1.165, 1.54) is 6.07 Å². The fraction of sp³-hybridized carbons (Fsp3) is 0.0526. The van der Waals surface area contributed by atoms with Crippen LogP contribution in [0.3, 0.4) is 0 Å².